The lowest BCUT2D eigenvalue weighted by atomic mass is 10.0. The molecule has 152 valence electrons. The maximum Gasteiger partial charge on any atom is 0.253 e. The number of piperidine rings is 1. The Balaban J connectivity index is 1.32. The van der Waals surface area contributed by atoms with E-state index < -0.39 is 0 Å². The smallest absolute Gasteiger partial charge is 0.253 e. The third-order valence-electron chi connectivity index (χ3n) is 6.08. The molecule has 1 N–H and O–H groups in total. The number of fused-ring (bicyclic) bond motifs is 1. The molecule has 0 spiro atoms. The van der Waals surface area contributed by atoms with Gasteiger partial charge in [-0.15, -0.1) is 0 Å². The lowest BCUT2D eigenvalue weighted by Crippen LogP contribution is -2.46. The molecule has 1 aliphatic rings. The number of hydrogen-bond acceptors (Lipinski definition) is 3. The Morgan fingerprint density at radius 1 is 1.17 bits per heavy atom. The van der Waals surface area contributed by atoms with Crippen molar-refractivity contribution in [1.29, 1.82) is 0 Å². The highest BCUT2D eigenvalue weighted by Gasteiger charge is 2.26. The third-order valence-corrected chi connectivity index (χ3v) is 6.08. The molecule has 29 heavy (non-hydrogen) atoms. The first-order valence-electron chi connectivity index (χ1n) is 10.7. The van der Waals surface area contributed by atoms with E-state index in [0.29, 0.717) is 6.04 Å². The molecule has 5 nitrogen and oxygen atoms in total. The van der Waals surface area contributed by atoms with Crippen LogP contribution in [0.1, 0.15) is 41.5 Å². The number of aromatic amines is 1. The van der Waals surface area contributed by atoms with E-state index in [0.717, 1.165) is 67.7 Å². The number of H-pyrrole nitrogens is 1. The van der Waals surface area contributed by atoms with Crippen LogP contribution in [0.25, 0.3) is 11.0 Å². The summed E-state index contributed by atoms with van der Waals surface area (Å²) in [5.74, 6) is 1.09. The second kappa shape index (κ2) is 8.78. The molecule has 5 heteroatoms. The van der Waals surface area contributed by atoms with Gasteiger partial charge in [-0.1, -0.05) is 37.3 Å². The van der Waals surface area contributed by atoms with Gasteiger partial charge in [0, 0.05) is 37.7 Å². The highest BCUT2D eigenvalue weighted by molar-refractivity contribution is 5.97. The van der Waals surface area contributed by atoms with Crippen molar-refractivity contribution in [2.24, 2.45) is 0 Å². The van der Waals surface area contributed by atoms with Gasteiger partial charge in [0.15, 0.2) is 0 Å². The minimum absolute atomic E-state index is 0.130. The maximum atomic E-state index is 13.0. The van der Waals surface area contributed by atoms with Gasteiger partial charge in [-0.2, -0.15) is 0 Å². The van der Waals surface area contributed by atoms with Crippen LogP contribution in [0.2, 0.25) is 0 Å². The molecule has 0 radical (unpaired) electrons. The first-order valence-corrected chi connectivity index (χ1v) is 10.7. The van der Waals surface area contributed by atoms with Crippen LogP contribution in [0, 0.1) is 0 Å². The van der Waals surface area contributed by atoms with Crippen LogP contribution >= 0.6 is 0 Å². The van der Waals surface area contributed by atoms with E-state index in [2.05, 4.69) is 59.2 Å². The summed E-state index contributed by atoms with van der Waals surface area (Å²) in [5.41, 5.74) is 4.01. The minimum Gasteiger partial charge on any atom is -0.342 e. The average Bonchev–Trinajstić information content (AvgIpc) is 3.20. The summed E-state index contributed by atoms with van der Waals surface area (Å²) in [5, 5.41) is 0. The molecule has 0 aliphatic carbocycles. The van der Waals surface area contributed by atoms with E-state index in [1.807, 2.05) is 23.1 Å². The zero-order valence-corrected chi connectivity index (χ0v) is 17.4. The van der Waals surface area contributed by atoms with Crippen molar-refractivity contribution in [1.82, 2.24) is 19.8 Å². The van der Waals surface area contributed by atoms with Crippen LogP contribution in [0.3, 0.4) is 0 Å². The number of rotatable bonds is 6. The van der Waals surface area contributed by atoms with Crippen molar-refractivity contribution in [2.75, 3.05) is 26.7 Å². The maximum absolute atomic E-state index is 13.0. The molecule has 1 aliphatic heterocycles. The van der Waals surface area contributed by atoms with E-state index in [1.165, 1.54) is 5.56 Å². The molecule has 3 aromatic rings. The third kappa shape index (κ3) is 4.51. The Bertz CT molecular complexity index is 957. The summed E-state index contributed by atoms with van der Waals surface area (Å²) in [6.45, 7) is 4.77. The van der Waals surface area contributed by atoms with E-state index in [9.17, 15) is 4.79 Å². The molecular weight excluding hydrogens is 360 g/mol. The van der Waals surface area contributed by atoms with Crippen molar-refractivity contribution < 1.29 is 4.79 Å². The highest BCUT2D eigenvalue weighted by Crippen LogP contribution is 2.20. The number of aromatic nitrogens is 2. The van der Waals surface area contributed by atoms with Gasteiger partial charge in [-0.05, 0) is 50.1 Å². The van der Waals surface area contributed by atoms with Gasteiger partial charge in [0.1, 0.15) is 5.82 Å². The van der Waals surface area contributed by atoms with Crippen LogP contribution < -0.4 is 0 Å². The molecule has 1 amide bonds. The highest BCUT2D eigenvalue weighted by atomic mass is 16.2. The van der Waals surface area contributed by atoms with E-state index >= 15 is 0 Å². The Kier molecular flexibility index (Phi) is 5.95. The predicted molar refractivity (Wildman–Crippen MR) is 117 cm³/mol. The number of nitrogens with zero attached hydrogens (tertiary/aromatic N) is 3. The Hall–Kier alpha value is -2.66. The summed E-state index contributed by atoms with van der Waals surface area (Å²) in [7, 11) is 2.21. The summed E-state index contributed by atoms with van der Waals surface area (Å²) >= 11 is 0. The fraction of sp³-hybridized carbons (Fsp3) is 0.417. The van der Waals surface area contributed by atoms with Gasteiger partial charge in [0.25, 0.3) is 5.91 Å². The number of nitrogens with one attached hydrogen (secondary N) is 1. The van der Waals surface area contributed by atoms with E-state index in [1.54, 1.807) is 0 Å². The quantitative estimate of drug-likeness (QED) is 0.694. The topological polar surface area (TPSA) is 52.2 Å². The molecule has 2 heterocycles. The second-order valence-corrected chi connectivity index (χ2v) is 8.01. The van der Waals surface area contributed by atoms with Crippen molar-refractivity contribution in [3.05, 3.63) is 65.5 Å². The number of benzene rings is 2. The van der Waals surface area contributed by atoms with Crippen molar-refractivity contribution >= 4 is 16.9 Å². The fourth-order valence-corrected chi connectivity index (χ4v) is 4.19. The molecule has 4 rings (SSSR count). The zero-order chi connectivity index (χ0) is 20.2. The first-order chi connectivity index (χ1) is 14.1. The largest absolute Gasteiger partial charge is 0.342 e. The van der Waals surface area contributed by atoms with Gasteiger partial charge in [0.2, 0.25) is 0 Å². The average molecular weight is 391 g/mol. The van der Waals surface area contributed by atoms with E-state index in [4.69, 9.17) is 0 Å². The fourth-order valence-electron chi connectivity index (χ4n) is 4.19. The van der Waals surface area contributed by atoms with Crippen LogP contribution in [0.4, 0.5) is 0 Å². The van der Waals surface area contributed by atoms with E-state index in [-0.39, 0.29) is 5.91 Å². The molecule has 2 aromatic carbocycles. The number of likely N-dealkylation sites (N-methyl/N-ethyl adjacent to an activating group) is 1. The number of imidazole rings is 1. The normalized spacial score (nSPS) is 15.3. The number of likely N-dealkylation sites (tertiary alicyclic amines) is 1. The molecule has 1 aromatic heterocycles. The molecule has 0 unspecified atom stereocenters. The first kappa shape index (κ1) is 19.6. The molecular formula is C24H30N4O. The Morgan fingerprint density at radius 2 is 1.93 bits per heavy atom. The van der Waals surface area contributed by atoms with Crippen LogP contribution in [-0.4, -0.2) is 58.4 Å². The standard InChI is InChI=1S/C24H30N4O/c1-3-23-25-21-10-9-19(17-22(21)26-23)24(29)28-15-12-20(13-16-28)27(2)14-11-18-7-5-4-6-8-18/h4-10,17,20H,3,11-16H2,1-2H3,(H,25,26). The molecule has 1 fully saturated rings. The monoisotopic (exact) mass is 390 g/mol. The van der Waals surface area contributed by atoms with Gasteiger partial charge in [-0.3, -0.25) is 4.79 Å². The minimum atomic E-state index is 0.130. The van der Waals surface area contributed by atoms with Crippen molar-refractivity contribution in [2.45, 2.75) is 38.6 Å². The van der Waals surface area contributed by atoms with Crippen LogP contribution in [0.5, 0.6) is 0 Å². The van der Waals surface area contributed by atoms with Gasteiger partial charge in [0.05, 0.1) is 11.0 Å². The lowest BCUT2D eigenvalue weighted by Gasteiger charge is -2.37. The van der Waals surface area contributed by atoms with Gasteiger partial charge >= 0.3 is 0 Å². The number of hydrogen-bond donors (Lipinski definition) is 1. The molecule has 1 saturated heterocycles. The van der Waals surface area contributed by atoms with Gasteiger partial charge < -0.3 is 14.8 Å². The van der Waals surface area contributed by atoms with Crippen LogP contribution in [0.15, 0.2) is 48.5 Å². The summed E-state index contributed by atoms with van der Waals surface area (Å²) in [4.78, 5) is 25.3. The number of aryl methyl sites for hydroxylation is 1. The second-order valence-electron chi connectivity index (χ2n) is 8.01. The zero-order valence-electron chi connectivity index (χ0n) is 17.4. The summed E-state index contributed by atoms with van der Waals surface area (Å²) < 4.78 is 0. The summed E-state index contributed by atoms with van der Waals surface area (Å²) in [6, 6.07) is 17.0. The van der Waals surface area contributed by atoms with Crippen molar-refractivity contribution in [3.63, 3.8) is 0 Å². The number of carbonyl (C=O) groups is 1. The van der Waals surface area contributed by atoms with Crippen molar-refractivity contribution in [3.8, 4) is 0 Å². The Labute approximate surface area is 172 Å². The number of amides is 1. The number of carbonyl (C=O) groups excluding carboxylic acids is 1. The molecule has 0 saturated carbocycles. The molecule has 0 atom stereocenters. The predicted octanol–water partition coefficient (Wildman–Crippen LogP) is 3.90. The van der Waals surface area contributed by atoms with Gasteiger partial charge in [-0.25, -0.2) is 4.98 Å². The lowest BCUT2D eigenvalue weighted by molar-refractivity contribution is 0.0647. The Morgan fingerprint density at radius 3 is 2.66 bits per heavy atom. The van der Waals surface area contributed by atoms with Crippen LogP contribution in [-0.2, 0) is 12.8 Å². The SMILES string of the molecule is CCc1nc2ccc(C(=O)N3CCC(N(C)CCc4ccccc4)CC3)cc2[nH]1. The molecule has 0 bridgehead atoms. The summed E-state index contributed by atoms with van der Waals surface area (Å²) in [6.07, 6.45) is 4.00.